The molecule has 0 aliphatic carbocycles. The zero-order valence-corrected chi connectivity index (χ0v) is 20.9. The molecule has 196 valence electrons. The van der Waals surface area contributed by atoms with Crippen molar-refractivity contribution in [2.24, 2.45) is 11.5 Å². The Hall–Kier alpha value is -4.00. The smallest absolute Gasteiger partial charge is 0.253 e. The molecule has 3 aromatic rings. The minimum absolute atomic E-state index is 0.0506. The Balaban J connectivity index is 1.75. The van der Waals surface area contributed by atoms with Crippen molar-refractivity contribution >= 4 is 38.6 Å². The summed E-state index contributed by atoms with van der Waals surface area (Å²) in [6, 6.07) is 19.0. The lowest BCUT2D eigenvalue weighted by atomic mass is 10.0. The molecule has 3 aromatic carbocycles. The molecular formula is C25H31N7O4S. The highest BCUT2D eigenvalue weighted by Gasteiger charge is 2.26. The summed E-state index contributed by atoms with van der Waals surface area (Å²) in [6.45, 7) is 0.292. The molecule has 9 N–H and O–H groups in total. The summed E-state index contributed by atoms with van der Waals surface area (Å²) in [5.41, 5.74) is 14.2. The maximum Gasteiger partial charge on any atom is 0.253 e. The van der Waals surface area contributed by atoms with E-state index in [4.69, 9.17) is 16.9 Å². The highest BCUT2D eigenvalue weighted by Crippen LogP contribution is 2.22. The van der Waals surface area contributed by atoms with E-state index in [1.807, 2.05) is 36.4 Å². The van der Waals surface area contributed by atoms with E-state index in [1.165, 1.54) is 6.07 Å². The topological polar surface area (TPSA) is 192 Å². The third-order valence-electron chi connectivity index (χ3n) is 5.65. The average molecular weight is 526 g/mol. The highest BCUT2D eigenvalue weighted by molar-refractivity contribution is 7.89. The first-order chi connectivity index (χ1) is 17.7. The van der Waals surface area contributed by atoms with Gasteiger partial charge in [-0.1, -0.05) is 66.7 Å². The van der Waals surface area contributed by atoms with Crippen LogP contribution in [0.1, 0.15) is 18.4 Å². The lowest BCUT2D eigenvalue weighted by Crippen LogP contribution is -2.56. The summed E-state index contributed by atoms with van der Waals surface area (Å²) < 4.78 is 26.3. The molecule has 0 saturated carbocycles. The van der Waals surface area contributed by atoms with Crippen LogP contribution in [0.4, 0.5) is 0 Å². The Morgan fingerprint density at radius 1 is 0.892 bits per heavy atom. The number of guanidine groups is 1. The number of amides is 2. The van der Waals surface area contributed by atoms with Gasteiger partial charge in [0.2, 0.25) is 11.8 Å². The van der Waals surface area contributed by atoms with Crippen molar-refractivity contribution in [3.63, 3.8) is 0 Å². The van der Waals surface area contributed by atoms with Crippen molar-refractivity contribution in [1.82, 2.24) is 20.9 Å². The normalized spacial score (nSPS) is 13.0. The van der Waals surface area contributed by atoms with E-state index < -0.39 is 33.9 Å². The van der Waals surface area contributed by atoms with Crippen LogP contribution in [-0.2, 0) is 26.0 Å². The second-order valence-electron chi connectivity index (χ2n) is 8.42. The van der Waals surface area contributed by atoms with E-state index in [1.54, 1.807) is 30.3 Å². The molecule has 0 saturated heterocycles. The van der Waals surface area contributed by atoms with Gasteiger partial charge in [-0.3, -0.25) is 15.0 Å². The molecule has 0 aliphatic heterocycles. The Morgan fingerprint density at radius 3 is 2.27 bits per heavy atom. The number of fused-ring (bicyclic) bond motifs is 1. The SMILES string of the molecule is N=C(N)NCCC[C@H](NNS(=O)(=O)c1cccc2ccccc12)C(=O)N[C@@H](Cc1ccccc1)C(N)=O. The Morgan fingerprint density at radius 2 is 1.57 bits per heavy atom. The molecule has 0 bridgehead atoms. The van der Waals surface area contributed by atoms with Gasteiger partial charge in [-0.2, -0.15) is 0 Å². The first-order valence-electron chi connectivity index (χ1n) is 11.6. The van der Waals surface area contributed by atoms with E-state index in [2.05, 4.69) is 20.9 Å². The summed E-state index contributed by atoms with van der Waals surface area (Å²) in [5.74, 6) is -1.55. The maximum absolute atomic E-state index is 13.1. The second-order valence-corrected chi connectivity index (χ2v) is 10.1. The summed E-state index contributed by atoms with van der Waals surface area (Å²) >= 11 is 0. The van der Waals surface area contributed by atoms with Crippen molar-refractivity contribution in [2.75, 3.05) is 6.54 Å². The summed E-state index contributed by atoms with van der Waals surface area (Å²) in [7, 11) is -4.06. The number of nitrogens with one attached hydrogen (secondary N) is 5. The van der Waals surface area contributed by atoms with Crippen molar-refractivity contribution in [1.29, 1.82) is 5.41 Å². The number of primary amides is 1. The first-order valence-corrected chi connectivity index (χ1v) is 13.1. The van der Waals surface area contributed by atoms with Crippen LogP contribution in [0.25, 0.3) is 10.8 Å². The third-order valence-corrected chi connectivity index (χ3v) is 6.97. The van der Waals surface area contributed by atoms with Gasteiger partial charge in [0.15, 0.2) is 5.96 Å². The largest absolute Gasteiger partial charge is 0.370 e. The summed E-state index contributed by atoms with van der Waals surface area (Å²) in [4.78, 5) is 27.5. The molecule has 2 atom stereocenters. The minimum Gasteiger partial charge on any atom is -0.370 e. The Labute approximate surface area is 215 Å². The summed E-state index contributed by atoms with van der Waals surface area (Å²) in [5, 5.41) is 13.8. The third kappa shape index (κ3) is 8.00. The molecule has 0 aromatic heterocycles. The van der Waals surface area contributed by atoms with E-state index >= 15 is 0 Å². The zero-order chi connectivity index (χ0) is 26.8. The Bertz CT molecular complexity index is 1340. The van der Waals surface area contributed by atoms with Gasteiger partial charge in [0.05, 0.1) is 4.90 Å². The number of rotatable bonds is 13. The Kier molecular flexibility index (Phi) is 9.55. The van der Waals surface area contributed by atoms with Gasteiger partial charge in [-0.25, -0.2) is 13.8 Å². The second kappa shape index (κ2) is 12.8. The number of hydrogen-bond donors (Lipinski definition) is 7. The number of carbonyl (C=O) groups is 2. The molecule has 12 heteroatoms. The number of hydrazine groups is 1. The van der Waals surface area contributed by atoms with Gasteiger partial charge in [0.25, 0.3) is 10.0 Å². The molecule has 0 unspecified atom stereocenters. The fourth-order valence-corrected chi connectivity index (χ4v) is 4.92. The van der Waals surface area contributed by atoms with Crippen LogP contribution >= 0.6 is 0 Å². The lowest BCUT2D eigenvalue weighted by molar-refractivity contribution is -0.128. The monoisotopic (exact) mass is 525 g/mol. The predicted molar refractivity (Wildman–Crippen MR) is 142 cm³/mol. The van der Waals surface area contributed by atoms with Crippen LogP contribution in [0.2, 0.25) is 0 Å². The molecule has 0 heterocycles. The van der Waals surface area contributed by atoms with Crippen molar-refractivity contribution in [3.8, 4) is 0 Å². The van der Waals surface area contributed by atoms with Crippen LogP contribution in [-0.4, -0.2) is 44.8 Å². The average Bonchev–Trinajstić information content (AvgIpc) is 2.87. The molecule has 0 radical (unpaired) electrons. The fraction of sp³-hybridized carbons (Fsp3) is 0.240. The van der Waals surface area contributed by atoms with Crippen LogP contribution in [0.15, 0.2) is 77.7 Å². The first kappa shape index (κ1) is 27.6. The molecule has 11 nitrogen and oxygen atoms in total. The van der Waals surface area contributed by atoms with Gasteiger partial charge in [0, 0.05) is 18.4 Å². The van der Waals surface area contributed by atoms with Crippen molar-refractivity contribution in [2.45, 2.75) is 36.2 Å². The van der Waals surface area contributed by atoms with Crippen LogP contribution in [0, 0.1) is 5.41 Å². The van der Waals surface area contributed by atoms with Crippen LogP contribution < -0.4 is 32.4 Å². The van der Waals surface area contributed by atoms with Gasteiger partial charge in [0.1, 0.15) is 12.1 Å². The predicted octanol–water partition coefficient (Wildman–Crippen LogP) is 0.467. The van der Waals surface area contributed by atoms with E-state index in [9.17, 15) is 18.0 Å². The maximum atomic E-state index is 13.1. The molecule has 2 amide bonds. The lowest BCUT2D eigenvalue weighted by Gasteiger charge is -2.22. The molecule has 0 aliphatic rings. The van der Waals surface area contributed by atoms with Crippen LogP contribution in [0.5, 0.6) is 0 Å². The minimum atomic E-state index is -4.06. The summed E-state index contributed by atoms with van der Waals surface area (Å²) in [6.07, 6.45) is 0.726. The number of benzene rings is 3. The quantitative estimate of drug-likeness (QED) is 0.0729. The molecule has 0 spiro atoms. The van der Waals surface area contributed by atoms with Gasteiger partial charge in [-0.15, -0.1) is 4.83 Å². The van der Waals surface area contributed by atoms with E-state index in [0.717, 1.165) is 10.9 Å². The van der Waals surface area contributed by atoms with Gasteiger partial charge < -0.3 is 22.1 Å². The van der Waals surface area contributed by atoms with Gasteiger partial charge in [-0.05, 0) is 29.9 Å². The highest BCUT2D eigenvalue weighted by atomic mass is 32.2. The van der Waals surface area contributed by atoms with Crippen molar-refractivity contribution in [3.05, 3.63) is 78.4 Å². The number of carbonyl (C=O) groups excluding carboxylic acids is 2. The standard InChI is InChI=1S/C25H31N7O4S/c26-23(33)21(16-17-8-2-1-3-9-17)30-24(34)20(13-7-15-29-25(27)28)31-32-37(35,36)22-14-6-11-18-10-4-5-12-19(18)22/h1-6,8-12,14,20-21,31-32H,7,13,15-16H2,(H2,26,33)(H,30,34)(H4,27,28,29)/t20-,21-/m0/s1. The number of nitrogens with two attached hydrogens (primary N) is 2. The van der Waals surface area contributed by atoms with Crippen LogP contribution in [0.3, 0.4) is 0 Å². The molecule has 37 heavy (non-hydrogen) atoms. The molecular weight excluding hydrogens is 494 g/mol. The van der Waals surface area contributed by atoms with E-state index in [-0.39, 0.29) is 23.7 Å². The van der Waals surface area contributed by atoms with E-state index in [0.29, 0.717) is 18.4 Å². The zero-order valence-electron chi connectivity index (χ0n) is 20.1. The number of hydrogen-bond acceptors (Lipinski definition) is 6. The molecule has 0 fully saturated rings. The fourth-order valence-electron chi connectivity index (χ4n) is 3.78. The number of sulfonamides is 1. The molecule has 3 rings (SSSR count). The van der Waals surface area contributed by atoms with Gasteiger partial charge >= 0.3 is 0 Å². The van der Waals surface area contributed by atoms with Crippen molar-refractivity contribution < 1.29 is 18.0 Å².